The predicted molar refractivity (Wildman–Crippen MR) is 73.7 cm³/mol. The van der Waals surface area contributed by atoms with Gasteiger partial charge in [-0.1, -0.05) is 6.42 Å². The smallest absolute Gasteiger partial charge is 0.333 e. The summed E-state index contributed by atoms with van der Waals surface area (Å²) in [4.78, 5) is 40.1. The van der Waals surface area contributed by atoms with Crippen molar-refractivity contribution in [2.75, 3.05) is 6.54 Å². The number of aromatic nitrogens is 1. The largest absolute Gasteiger partial charge is 0.492 e. The molecule has 0 aliphatic carbocycles. The molecule has 1 aliphatic heterocycles. The topological polar surface area (TPSA) is 109 Å². The fourth-order valence-corrected chi connectivity index (χ4v) is 2.01. The van der Waals surface area contributed by atoms with E-state index in [9.17, 15) is 24.6 Å². The van der Waals surface area contributed by atoms with Gasteiger partial charge in [0.05, 0.1) is 0 Å². The maximum absolute atomic E-state index is 11.5. The first kappa shape index (κ1) is 15.6. The lowest BCUT2D eigenvalue weighted by molar-refractivity contribution is -0.145. The molecule has 22 heavy (non-hydrogen) atoms. The lowest BCUT2D eigenvalue weighted by atomic mass is 10.2. The van der Waals surface area contributed by atoms with Gasteiger partial charge in [-0.3, -0.25) is 14.5 Å². The Kier molecular flexibility index (Phi) is 4.82. The van der Waals surface area contributed by atoms with E-state index in [1.54, 1.807) is 0 Å². The van der Waals surface area contributed by atoms with Crippen molar-refractivity contribution in [2.45, 2.75) is 25.7 Å². The third kappa shape index (κ3) is 3.66. The van der Waals surface area contributed by atoms with Crippen molar-refractivity contribution in [3.63, 3.8) is 0 Å². The fourth-order valence-electron chi connectivity index (χ4n) is 2.01. The molecule has 2 amide bonds. The van der Waals surface area contributed by atoms with Crippen LogP contribution in [0.4, 0.5) is 0 Å². The molecule has 8 nitrogen and oxygen atoms in total. The van der Waals surface area contributed by atoms with E-state index in [1.807, 2.05) is 0 Å². The van der Waals surface area contributed by atoms with Crippen LogP contribution >= 0.6 is 0 Å². The van der Waals surface area contributed by atoms with Crippen molar-refractivity contribution in [2.24, 2.45) is 0 Å². The van der Waals surface area contributed by atoms with Crippen LogP contribution in [0.5, 0.6) is 11.8 Å². The first-order valence-corrected chi connectivity index (χ1v) is 6.83. The van der Waals surface area contributed by atoms with Crippen LogP contribution in [0.3, 0.4) is 0 Å². The lowest BCUT2D eigenvalue weighted by Gasteiger charge is -2.13. The SMILES string of the molecule is O=C(CCCCCN1C(=O)C=CC1=O)On1c(O)ccc1O. The normalized spacial score (nSPS) is 13.9. The number of hydrogen-bond acceptors (Lipinski definition) is 6. The monoisotopic (exact) mass is 308 g/mol. The molecule has 0 spiro atoms. The summed E-state index contributed by atoms with van der Waals surface area (Å²) in [6.07, 6.45) is 4.29. The Morgan fingerprint density at radius 1 is 1.00 bits per heavy atom. The molecule has 0 fully saturated rings. The van der Waals surface area contributed by atoms with Crippen molar-refractivity contribution in [1.82, 2.24) is 9.63 Å². The third-order valence-corrected chi connectivity index (χ3v) is 3.15. The zero-order valence-electron chi connectivity index (χ0n) is 11.8. The fraction of sp³-hybridized carbons (Fsp3) is 0.357. The Morgan fingerprint density at radius 2 is 1.59 bits per heavy atom. The van der Waals surface area contributed by atoms with Crippen molar-refractivity contribution >= 4 is 17.8 Å². The van der Waals surface area contributed by atoms with Crippen LogP contribution in [0.1, 0.15) is 25.7 Å². The molecule has 0 aromatic carbocycles. The minimum absolute atomic E-state index is 0.0944. The molecule has 0 radical (unpaired) electrons. The van der Waals surface area contributed by atoms with Crippen LogP contribution in [0.2, 0.25) is 0 Å². The Bertz CT molecular complexity index is 581. The molecule has 1 aliphatic rings. The van der Waals surface area contributed by atoms with Crippen molar-refractivity contribution in [3.8, 4) is 11.8 Å². The highest BCUT2D eigenvalue weighted by Crippen LogP contribution is 2.19. The number of imide groups is 1. The molecule has 2 N–H and O–H groups in total. The number of hydrogen-bond donors (Lipinski definition) is 2. The van der Waals surface area contributed by atoms with Crippen LogP contribution in [0, 0.1) is 0 Å². The van der Waals surface area contributed by atoms with Gasteiger partial charge in [-0.25, -0.2) is 4.79 Å². The molecule has 1 aromatic rings. The molecule has 118 valence electrons. The van der Waals surface area contributed by atoms with E-state index in [0.29, 0.717) is 30.5 Å². The maximum Gasteiger partial charge on any atom is 0.333 e. The molecule has 2 rings (SSSR count). The molecule has 0 saturated carbocycles. The molecular formula is C14H16N2O6. The number of rotatable bonds is 7. The van der Waals surface area contributed by atoms with Crippen LogP contribution in [-0.4, -0.2) is 44.2 Å². The number of nitrogens with zero attached hydrogens (tertiary/aromatic N) is 2. The molecule has 0 bridgehead atoms. The summed E-state index contributed by atoms with van der Waals surface area (Å²) in [6, 6.07) is 2.39. The summed E-state index contributed by atoms with van der Waals surface area (Å²) in [5, 5.41) is 18.6. The van der Waals surface area contributed by atoms with E-state index >= 15 is 0 Å². The van der Waals surface area contributed by atoms with E-state index in [1.165, 1.54) is 24.3 Å². The first-order chi connectivity index (χ1) is 10.5. The van der Waals surface area contributed by atoms with Crippen LogP contribution in [0.15, 0.2) is 24.3 Å². The summed E-state index contributed by atoms with van der Waals surface area (Å²) in [6.45, 7) is 0.318. The van der Waals surface area contributed by atoms with Crippen LogP contribution in [0.25, 0.3) is 0 Å². The van der Waals surface area contributed by atoms with E-state index in [0.717, 1.165) is 4.90 Å². The molecule has 2 heterocycles. The summed E-state index contributed by atoms with van der Waals surface area (Å²) in [7, 11) is 0. The van der Waals surface area contributed by atoms with Crippen LogP contribution in [-0.2, 0) is 14.4 Å². The second-order valence-corrected chi connectivity index (χ2v) is 4.78. The zero-order chi connectivity index (χ0) is 16.1. The minimum atomic E-state index is -0.600. The standard InChI is InChI=1S/C14H16N2O6/c17-10-5-6-11(18)15(10)9-3-1-2-4-14(21)22-16-12(19)7-8-13(16)20/h5-8,19-20H,1-4,9H2. The Labute approximate surface area is 126 Å². The van der Waals surface area contributed by atoms with Crippen LogP contribution < -0.4 is 4.84 Å². The minimum Gasteiger partial charge on any atom is -0.492 e. The molecule has 1 aromatic heterocycles. The quantitative estimate of drug-likeness (QED) is 0.555. The third-order valence-electron chi connectivity index (χ3n) is 3.15. The average molecular weight is 308 g/mol. The molecule has 0 atom stereocenters. The number of aromatic hydroxyl groups is 2. The summed E-state index contributed by atoms with van der Waals surface area (Å²) < 4.78 is 0.634. The Morgan fingerprint density at radius 3 is 2.18 bits per heavy atom. The number of amides is 2. The molecule has 0 saturated heterocycles. The van der Waals surface area contributed by atoms with Gasteiger partial charge < -0.3 is 15.1 Å². The Balaban J connectivity index is 1.64. The van der Waals surface area contributed by atoms with E-state index in [4.69, 9.17) is 4.84 Å². The predicted octanol–water partition coefficient (Wildman–Crippen LogP) is 0.340. The second kappa shape index (κ2) is 6.79. The average Bonchev–Trinajstić information content (AvgIpc) is 2.96. The van der Waals surface area contributed by atoms with Crippen molar-refractivity contribution in [3.05, 3.63) is 24.3 Å². The van der Waals surface area contributed by atoms with Gasteiger partial charge in [-0.2, -0.15) is 0 Å². The molecule has 8 heteroatoms. The first-order valence-electron chi connectivity index (χ1n) is 6.83. The summed E-state index contributed by atoms with van der Waals surface area (Å²) >= 11 is 0. The summed E-state index contributed by atoms with van der Waals surface area (Å²) in [5.41, 5.74) is 0. The van der Waals surface area contributed by atoms with Crippen molar-refractivity contribution in [1.29, 1.82) is 0 Å². The number of carbonyl (C=O) groups excluding carboxylic acids is 3. The highest BCUT2D eigenvalue weighted by molar-refractivity contribution is 6.12. The second-order valence-electron chi connectivity index (χ2n) is 4.78. The summed E-state index contributed by atoms with van der Waals surface area (Å²) in [5.74, 6) is -1.98. The van der Waals surface area contributed by atoms with Gasteiger partial charge in [0.25, 0.3) is 11.8 Å². The van der Waals surface area contributed by atoms with Crippen molar-refractivity contribution < 1.29 is 29.4 Å². The van der Waals surface area contributed by atoms with Gasteiger partial charge in [0.15, 0.2) is 0 Å². The van der Waals surface area contributed by atoms with E-state index in [2.05, 4.69) is 0 Å². The van der Waals surface area contributed by atoms with Gasteiger partial charge in [0, 0.05) is 37.3 Å². The molecule has 0 unspecified atom stereocenters. The highest BCUT2D eigenvalue weighted by atomic mass is 16.7. The van der Waals surface area contributed by atoms with Gasteiger partial charge in [0.1, 0.15) is 0 Å². The number of unbranched alkanes of at least 4 members (excludes halogenated alkanes) is 2. The van der Waals surface area contributed by atoms with Gasteiger partial charge >= 0.3 is 5.97 Å². The maximum atomic E-state index is 11.5. The van der Waals surface area contributed by atoms with E-state index < -0.39 is 5.97 Å². The lowest BCUT2D eigenvalue weighted by Crippen LogP contribution is -2.30. The van der Waals surface area contributed by atoms with E-state index in [-0.39, 0.29) is 30.0 Å². The highest BCUT2D eigenvalue weighted by Gasteiger charge is 2.22. The Hall–Kier alpha value is -2.77. The number of carbonyl (C=O) groups is 3. The van der Waals surface area contributed by atoms with Gasteiger partial charge in [-0.15, -0.1) is 4.73 Å². The van der Waals surface area contributed by atoms with Gasteiger partial charge in [-0.05, 0) is 12.8 Å². The van der Waals surface area contributed by atoms with Gasteiger partial charge in [0.2, 0.25) is 11.8 Å². The zero-order valence-corrected chi connectivity index (χ0v) is 11.8. The molecular weight excluding hydrogens is 292 g/mol.